The number of para-hydroxylation sites is 2. The number of aryl methyl sites for hydroxylation is 1. The van der Waals surface area contributed by atoms with E-state index < -0.39 is 0 Å². The summed E-state index contributed by atoms with van der Waals surface area (Å²) in [5.41, 5.74) is 4.67. The molecule has 0 spiro atoms. The summed E-state index contributed by atoms with van der Waals surface area (Å²) < 4.78 is 0. The molecule has 0 unspecified atom stereocenters. The maximum atomic E-state index is 4.56. The van der Waals surface area contributed by atoms with Gasteiger partial charge in [0.1, 0.15) is 0 Å². The minimum absolute atomic E-state index is 0.852. The van der Waals surface area contributed by atoms with Crippen LogP contribution in [0.25, 0.3) is 22.3 Å². The van der Waals surface area contributed by atoms with Crippen LogP contribution in [0.3, 0.4) is 0 Å². The quantitative estimate of drug-likeness (QED) is 0.670. The van der Waals surface area contributed by atoms with Gasteiger partial charge in [0.2, 0.25) is 0 Å². The van der Waals surface area contributed by atoms with Crippen molar-refractivity contribution >= 4 is 11.0 Å². The molecule has 1 aromatic carbocycles. The predicted molar refractivity (Wildman–Crippen MR) is 61.9 cm³/mol. The van der Waals surface area contributed by atoms with Gasteiger partial charge in [0.05, 0.1) is 29.1 Å². The molecule has 0 amide bonds. The molecule has 16 heavy (non-hydrogen) atoms. The summed E-state index contributed by atoms with van der Waals surface area (Å²) in [7, 11) is 0. The summed E-state index contributed by atoms with van der Waals surface area (Å²) in [6.45, 7) is 1.97. The standard InChI is InChI=1S/C12H10N4/c1-8-9(6-14-16-8)12-7-13-10-4-2-3-5-11(10)15-12/h2-7H,1H3,(H,14,16). The van der Waals surface area contributed by atoms with Crippen LogP contribution in [-0.2, 0) is 0 Å². The Kier molecular flexibility index (Phi) is 1.93. The summed E-state index contributed by atoms with van der Waals surface area (Å²) in [4.78, 5) is 8.93. The van der Waals surface area contributed by atoms with E-state index in [-0.39, 0.29) is 0 Å². The zero-order chi connectivity index (χ0) is 11.0. The maximum absolute atomic E-state index is 4.56. The molecule has 3 aromatic rings. The molecular formula is C12H10N4. The highest BCUT2D eigenvalue weighted by molar-refractivity contribution is 5.77. The highest BCUT2D eigenvalue weighted by Crippen LogP contribution is 2.20. The SMILES string of the molecule is Cc1[nH]ncc1-c1cnc2ccccc2n1. The van der Waals surface area contributed by atoms with Crippen molar-refractivity contribution in [1.82, 2.24) is 20.2 Å². The number of fused-ring (bicyclic) bond motifs is 1. The summed E-state index contributed by atoms with van der Waals surface area (Å²) in [6.07, 6.45) is 3.55. The van der Waals surface area contributed by atoms with E-state index >= 15 is 0 Å². The van der Waals surface area contributed by atoms with Crippen molar-refractivity contribution in [3.05, 3.63) is 42.4 Å². The van der Waals surface area contributed by atoms with E-state index in [1.807, 2.05) is 31.2 Å². The Bertz CT molecular complexity index is 642. The summed E-state index contributed by atoms with van der Waals surface area (Å²) >= 11 is 0. The zero-order valence-corrected chi connectivity index (χ0v) is 8.81. The number of H-pyrrole nitrogens is 1. The molecule has 0 bridgehead atoms. The molecule has 0 saturated carbocycles. The monoisotopic (exact) mass is 210 g/mol. The van der Waals surface area contributed by atoms with Crippen LogP contribution in [0.4, 0.5) is 0 Å². The Morgan fingerprint density at radius 3 is 2.62 bits per heavy atom. The average molecular weight is 210 g/mol. The Morgan fingerprint density at radius 2 is 1.88 bits per heavy atom. The van der Waals surface area contributed by atoms with E-state index in [0.717, 1.165) is 28.0 Å². The fourth-order valence-corrected chi connectivity index (χ4v) is 1.70. The number of nitrogens with zero attached hydrogens (tertiary/aromatic N) is 3. The van der Waals surface area contributed by atoms with Gasteiger partial charge in [0.15, 0.2) is 0 Å². The highest BCUT2D eigenvalue weighted by atomic mass is 15.1. The maximum Gasteiger partial charge on any atom is 0.0927 e. The van der Waals surface area contributed by atoms with E-state index in [4.69, 9.17) is 0 Å². The molecule has 78 valence electrons. The first-order valence-corrected chi connectivity index (χ1v) is 5.07. The van der Waals surface area contributed by atoms with Gasteiger partial charge in [-0.15, -0.1) is 0 Å². The van der Waals surface area contributed by atoms with Crippen LogP contribution in [0.15, 0.2) is 36.7 Å². The average Bonchev–Trinajstić information content (AvgIpc) is 2.75. The van der Waals surface area contributed by atoms with Gasteiger partial charge in [-0.1, -0.05) is 12.1 Å². The lowest BCUT2D eigenvalue weighted by Crippen LogP contribution is -1.88. The van der Waals surface area contributed by atoms with Crippen LogP contribution in [0.2, 0.25) is 0 Å². The second-order valence-corrected chi connectivity index (χ2v) is 3.65. The van der Waals surface area contributed by atoms with Crippen molar-refractivity contribution in [1.29, 1.82) is 0 Å². The van der Waals surface area contributed by atoms with Gasteiger partial charge in [0, 0.05) is 11.3 Å². The third kappa shape index (κ3) is 1.35. The van der Waals surface area contributed by atoms with Gasteiger partial charge in [-0.25, -0.2) is 4.98 Å². The second-order valence-electron chi connectivity index (χ2n) is 3.65. The molecule has 0 aliphatic carbocycles. The van der Waals surface area contributed by atoms with Gasteiger partial charge in [-0.2, -0.15) is 5.10 Å². The number of aromatic nitrogens is 4. The van der Waals surface area contributed by atoms with E-state index in [1.54, 1.807) is 12.4 Å². The number of hydrogen-bond donors (Lipinski definition) is 1. The molecule has 3 rings (SSSR count). The molecule has 4 nitrogen and oxygen atoms in total. The third-order valence-electron chi connectivity index (χ3n) is 2.55. The fourth-order valence-electron chi connectivity index (χ4n) is 1.70. The van der Waals surface area contributed by atoms with Crippen molar-refractivity contribution in [3.63, 3.8) is 0 Å². The summed E-state index contributed by atoms with van der Waals surface area (Å²) in [6, 6.07) is 7.83. The normalized spacial score (nSPS) is 10.8. The lowest BCUT2D eigenvalue weighted by atomic mass is 10.2. The van der Waals surface area contributed by atoms with Gasteiger partial charge in [0.25, 0.3) is 0 Å². The van der Waals surface area contributed by atoms with Crippen LogP contribution >= 0.6 is 0 Å². The van der Waals surface area contributed by atoms with E-state index in [0.29, 0.717) is 0 Å². The molecule has 2 aromatic heterocycles. The van der Waals surface area contributed by atoms with Crippen molar-refractivity contribution in [2.75, 3.05) is 0 Å². The Labute approximate surface area is 92.4 Å². The summed E-state index contributed by atoms with van der Waals surface area (Å²) in [5.74, 6) is 0. The lowest BCUT2D eigenvalue weighted by molar-refractivity contribution is 1.05. The molecule has 0 fully saturated rings. The fraction of sp³-hybridized carbons (Fsp3) is 0.0833. The van der Waals surface area contributed by atoms with E-state index in [1.165, 1.54) is 0 Å². The Balaban J connectivity index is 2.23. The highest BCUT2D eigenvalue weighted by Gasteiger charge is 2.06. The first kappa shape index (κ1) is 9.03. The number of aromatic amines is 1. The number of rotatable bonds is 1. The molecule has 0 radical (unpaired) electrons. The second kappa shape index (κ2) is 3.41. The third-order valence-corrected chi connectivity index (χ3v) is 2.55. The minimum Gasteiger partial charge on any atom is -0.282 e. The molecule has 4 heteroatoms. The van der Waals surface area contributed by atoms with Crippen molar-refractivity contribution in [3.8, 4) is 11.3 Å². The molecule has 2 heterocycles. The van der Waals surface area contributed by atoms with Crippen LogP contribution in [-0.4, -0.2) is 20.2 Å². The number of nitrogens with one attached hydrogen (secondary N) is 1. The number of benzene rings is 1. The van der Waals surface area contributed by atoms with Gasteiger partial charge >= 0.3 is 0 Å². The van der Waals surface area contributed by atoms with E-state index in [2.05, 4.69) is 20.2 Å². The first-order chi connectivity index (χ1) is 7.84. The largest absolute Gasteiger partial charge is 0.282 e. The lowest BCUT2D eigenvalue weighted by Gasteiger charge is -2.00. The molecular weight excluding hydrogens is 200 g/mol. The van der Waals surface area contributed by atoms with Gasteiger partial charge < -0.3 is 0 Å². The van der Waals surface area contributed by atoms with Crippen LogP contribution in [0.5, 0.6) is 0 Å². The molecule has 0 atom stereocenters. The van der Waals surface area contributed by atoms with E-state index in [9.17, 15) is 0 Å². The molecule has 0 aliphatic heterocycles. The smallest absolute Gasteiger partial charge is 0.0927 e. The molecule has 0 saturated heterocycles. The van der Waals surface area contributed by atoms with Crippen LogP contribution in [0.1, 0.15) is 5.69 Å². The Morgan fingerprint density at radius 1 is 1.06 bits per heavy atom. The predicted octanol–water partition coefficient (Wildman–Crippen LogP) is 2.33. The summed E-state index contributed by atoms with van der Waals surface area (Å²) in [5, 5.41) is 6.88. The minimum atomic E-state index is 0.852. The zero-order valence-electron chi connectivity index (χ0n) is 8.81. The van der Waals surface area contributed by atoms with Gasteiger partial charge in [-0.05, 0) is 19.1 Å². The topological polar surface area (TPSA) is 54.5 Å². The van der Waals surface area contributed by atoms with Crippen molar-refractivity contribution in [2.24, 2.45) is 0 Å². The van der Waals surface area contributed by atoms with Crippen LogP contribution < -0.4 is 0 Å². The first-order valence-electron chi connectivity index (χ1n) is 5.07. The number of hydrogen-bond acceptors (Lipinski definition) is 3. The van der Waals surface area contributed by atoms with Gasteiger partial charge in [-0.3, -0.25) is 10.1 Å². The van der Waals surface area contributed by atoms with Crippen LogP contribution in [0, 0.1) is 6.92 Å². The van der Waals surface area contributed by atoms with Crippen molar-refractivity contribution in [2.45, 2.75) is 6.92 Å². The van der Waals surface area contributed by atoms with Crippen molar-refractivity contribution < 1.29 is 0 Å². The molecule has 0 aliphatic rings. The molecule has 1 N–H and O–H groups in total. The Hall–Kier alpha value is -2.23.